The van der Waals surface area contributed by atoms with Crippen LogP contribution in [0.3, 0.4) is 0 Å². The van der Waals surface area contributed by atoms with E-state index in [4.69, 9.17) is 5.41 Å². The predicted molar refractivity (Wildman–Crippen MR) is 67.9 cm³/mol. The molecule has 0 spiro atoms. The fourth-order valence-corrected chi connectivity index (χ4v) is 2.03. The molecular weight excluding hydrogens is 202 g/mol. The van der Waals surface area contributed by atoms with Crippen LogP contribution in [-0.2, 0) is 0 Å². The van der Waals surface area contributed by atoms with Crippen molar-refractivity contribution in [2.45, 2.75) is 65.6 Å². The lowest BCUT2D eigenvalue weighted by atomic mass is 9.80. The molecule has 0 aromatic carbocycles. The minimum atomic E-state index is -1.09. The fourth-order valence-electron chi connectivity index (χ4n) is 2.03. The highest BCUT2D eigenvalue weighted by molar-refractivity contribution is 5.86. The number of aliphatic hydroxyl groups excluding tert-OH is 1. The molecule has 3 nitrogen and oxygen atoms in total. The van der Waals surface area contributed by atoms with E-state index in [1.165, 1.54) is 0 Å². The van der Waals surface area contributed by atoms with E-state index >= 15 is 0 Å². The first-order valence-electron chi connectivity index (χ1n) is 6.26. The summed E-state index contributed by atoms with van der Waals surface area (Å²) in [7, 11) is 0. The maximum Gasteiger partial charge on any atom is 0.0901 e. The normalized spacial score (nSPS) is 20.9. The van der Waals surface area contributed by atoms with Crippen LogP contribution in [-0.4, -0.2) is 27.6 Å². The van der Waals surface area contributed by atoms with Gasteiger partial charge < -0.3 is 15.6 Å². The van der Waals surface area contributed by atoms with Gasteiger partial charge in [0.1, 0.15) is 0 Å². The van der Waals surface area contributed by atoms with Gasteiger partial charge >= 0.3 is 0 Å². The second-order valence-corrected chi connectivity index (χ2v) is 5.11. The van der Waals surface area contributed by atoms with Crippen LogP contribution in [0.1, 0.15) is 53.9 Å². The highest BCUT2D eigenvalue weighted by Gasteiger charge is 2.35. The monoisotopic (exact) mass is 229 g/mol. The lowest BCUT2D eigenvalue weighted by Crippen LogP contribution is -2.46. The summed E-state index contributed by atoms with van der Waals surface area (Å²) in [6.45, 7) is 9.47. The molecule has 0 fully saturated rings. The van der Waals surface area contributed by atoms with Gasteiger partial charge in [-0.2, -0.15) is 0 Å². The van der Waals surface area contributed by atoms with E-state index in [-0.39, 0.29) is 11.8 Å². The maximum atomic E-state index is 10.1. The van der Waals surface area contributed by atoms with Crippen LogP contribution in [0.25, 0.3) is 0 Å². The highest BCUT2D eigenvalue weighted by atomic mass is 16.3. The van der Waals surface area contributed by atoms with E-state index in [0.717, 1.165) is 12.8 Å². The van der Waals surface area contributed by atoms with E-state index in [1.807, 2.05) is 27.7 Å². The summed E-state index contributed by atoms with van der Waals surface area (Å²) in [4.78, 5) is 0. The smallest absolute Gasteiger partial charge is 0.0901 e. The van der Waals surface area contributed by atoms with Crippen LogP contribution < -0.4 is 0 Å². The van der Waals surface area contributed by atoms with Gasteiger partial charge in [-0.1, -0.05) is 34.1 Å². The molecule has 0 aliphatic heterocycles. The molecule has 96 valence electrons. The van der Waals surface area contributed by atoms with Crippen molar-refractivity contribution < 1.29 is 10.2 Å². The quantitative estimate of drug-likeness (QED) is 0.587. The van der Waals surface area contributed by atoms with Crippen molar-refractivity contribution in [1.82, 2.24) is 0 Å². The molecule has 2 unspecified atom stereocenters. The van der Waals surface area contributed by atoms with Crippen molar-refractivity contribution in [2.24, 2.45) is 11.8 Å². The number of hydrogen-bond donors (Lipinski definition) is 3. The summed E-state index contributed by atoms with van der Waals surface area (Å²) < 4.78 is 0. The first-order chi connectivity index (χ1) is 7.27. The zero-order valence-electron chi connectivity index (χ0n) is 11.2. The van der Waals surface area contributed by atoms with Gasteiger partial charge in [-0.25, -0.2) is 0 Å². The molecule has 3 heteroatoms. The van der Waals surface area contributed by atoms with E-state index in [9.17, 15) is 10.2 Å². The first kappa shape index (κ1) is 15.6. The molecule has 0 amide bonds. The zero-order chi connectivity index (χ0) is 12.9. The SMILES string of the molecule is CCC[C@@](C)(O)C(O)C(C)C(=N)[C@H](C)CC. The Morgan fingerprint density at radius 2 is 1.81 bits per heavy atom. The fraction of sp³-hybridized carbons (Fsp3) is 0.923. The van der Waals surface area contributed by atoms with Crippen LogP contribution in [0.2, 0.25) is 0 Å². The van der Waals surface area contributed by atoms with Gasteiger partial charge in [-0.15, -0.1) is 0 Å². The Morgan fingerprint density at radius 3 is 2.19 bits per heavy atom. The molecule has 0 rings (SSSR count). The van der Waals surface area contributed by atoms with Crippen LogP contribution in [0, 0.1) is 17.2 Å². The average Bonchev–Trinajstić information content (AvgIpc) is 2.24. The average molecular weight is 229 g/mol. The number of aliphatic hydroxyl groups is 2. The van der Waals surface area contributed by atoms with Gasteiger partial charge in [0.15, 0.2) is 0 Å². The molecule has 16 heavy (non-hydrogen) atoms. The molecule has 0 bridgehead atoms. The Balaban J connectivity index is 4.59. The van der Waals surface area contributed by atoms with Crippen molar-refractivity contribution in [3.8, 4) is 0 Å². The molecule has 0 saturated carbocycles. The van der Waals surface area contributed by atoms with Crippen molar-refractivity contribution >= 4 is 5.71 Å². The Labute approximate surface area is 99.4 Å². The molecular formula is C13H27NO2. The standard InChI is InChI=1S/C13H27NO2/c1-6-8-13(5,16)12(15)10(4)11(14)9(3)7-2/h9-10,12,14-16H,6-8H2,1-5H3/t9-,10?,12?,13-/m1/s1. The van der Waals surface area contributed by atoms with Crippen molar-refractivity contribution in [3.05, 3.63) is 0 Å². The van der Waals surface area contributed by atoms with Gasteiger partial charge in [-0.05, 0) is 25.7 Å². The maximum absolute atomic E-state index is 10.1. The summed E-state index contributed by atoms with van der Waals surface area (Å²) in [6.07, 6.45) is 1.43. The highest BCUT2D eigenvalue weighted by Crippen LogP contribution is 2.25. The number of rotatable bonds is 7. The molecule has 0 heterocycles. The summed E-state index contributed by atoms with van der Waals surface area (Å²) >= 11 is 0. The summed E-state index contributed by atoms with van der Waals surface area (Å²) in [6, 6.07) is 0. The third kappa shape index (κ3) is 3.87. The van der Waals surface area contributed by atoms with Gasteiger partial charge in [0.25, 0.3) is 0 Å². The third-order valence-corrected chi connectivity index (χ3v) is 3.50. The van der Waals surface area contributed by atoms with E-state index in [1.54, 1.807) is 6.92 Å². The minimum Gasteiger partial charge on any atom is -0.389 e. The lowest BCUT2D eigenvalue weighted by Gasteiger charge is -2.34. The van der Waals surface area contributed by atoms with Gasteiger partial charge in [0, 0.05) is 11.6 Å². The Kier molecular flexibility index (Phi) is 6.19. The molecule has 3 N–H and O–H groups in total. The minimum absolute atomic E-state index is 0.169. The molecule has 0 aromatic rings. The summed E-state index contributed by atoms with van der Waals surface area (Å²) in [5, 5.41) is 28.2. The third-order valence-electron chi connectivity index (χ3n) is 3.50. The molecule has 4 atom stereocenters. The molecule has 0 aliphatic rings. The first-order valence-corrected chi connectivity index (χ1v) is 6.26. The molecule has 0 aliphatic carbocycles. The summed E-state index contributed by atoms with van der Waals surface area (Å²) in [5.41, 5.74) is -0.556. The van der Waals surface area contributed by atoms with Crippen molar-refractivity contribution in [2.75, 3.05) is 0 Å². The van der Waals surface area contributed by atoms with E-state index in [2.05, 4.69) is 0 Å². The van der Waals surface area contributed by atoms with Gasteiger partial charge in [0.05, 0.1) is 11.7 Å². The second kappa shape index (κ2) is 6.36. The van der Waals surface area contributed by atoms with Crippen molar-refractivity contribution in [1.29, 1.82) is 5.41 Å². The van der Waals surface area contributed by atoms with E-state index in [0.29, 0.717) is 12.1 Å². The van der Waals surface area contributed by atoms with Crippen LogP contribution >= 0.6 is 0 Å². The Morgan fingerprint density at radius 1 is 1.31 bits per heavy atom. The molecule has 0 saturated heterocycles. The van der Waals surface area contributed by atoms with Crippen LogP contribution in [0.15, 0.2) is 0 Å². The van der Waals surface area contributed by atoms with E-state index < -0.39 is 11.7 Å². The number of hydrogen-bond acceptors (Lipinski definition) is 3. The van der Waals surface area contributed by atoms with Crippen molar-refractivity contribution in [3.63, 3.8) is 0 Å². The van der Waals surface area contributed by atoms with Gasteiger partial charge in [-0.3, -0.25) is 0 Å². The largest absolute Gasteiger partial charge is 0.389 e. The predicted octanol–water partition coefficient (Wildman–Crippen LogP) is 2.60. The Bertz CT molecular complexity index is 226. The summed E-state index contributed by atoms with van der Waals surface area (Å²) in [5.74, 6) is -0.112. The van der Waals surface area contributed by atoms with Crippen LogP contribution in [0.4, 0.5) is 0 Å². The topological polar surface area (TPSA) is 64.3 Å². The molecule has 0 radical (unpaired) electrons. The Hall–Kier alpha value is -0.410. The molecule has 0 aromatic heterocycles. The van der Waals surface area contributed by atoms with Crippen LogP contribution in [0.5, 0.6) is 0 Å². The lowest BCUT2D eigenvalue weighted by molar-refractivity contribution is -0.0799. The van der Waals surface area contributed by atoms with Gasteiger partial charge in [0.2, 0.25) is 0 Å². The number of nitrogens with one attached hydrogen (secondary N) is 1. The zero-order valence-corrected chi connectivity index (χ0v) is 11.2. The second-order valence-electron chi connectivity index (χ2n) is 5.11.